The summed E-state index contributed by atoms with van der Waals surface area (Å²) in [6, 6.07) is 24.5. The van der Waals surface area contributed by atoms with Gasteiger partial charge in [0.2, 0.25) is 11.8 Å². The fraction of sp³-hybridized carbons (Fsp3) is 0.125. The van der Waals surface area contributed by atoms with E-state index in [9.17, 15) is 14.0 Å². The van der Waals surface area contributed by atoms with Gasteiger partial charge in [-0.3, -0.25) is 14.5 Å². The molecular formula is C24H20FN3O2S. The first kappa shape index (κ1) is 20.8. The van der Waals surface area contributed by atoms with Gasteiger partial charge in [0, 0.05) is 12.1 Å². The Morgan fingerprint density at radius 3 is 2.32 bits per heavy atom. The maximum atomic E-state index is 13.1. The summed E-state index contributed by atoms with van der Waals surface area (Å²) in [5, 5.41) is 2.60. The molecule has 0 unspecified atom stereocenters. The van der Waals surface area contributed by atoms with Crippen LogP contribution in [0.1, 0.15) is 12.0 Å². The molecule has 0 radical (unpaired) electrons. The van der Waals surface area contributed by atoms with Crippen LogP contribution in [0.5, 0.6) is 0 Å². The van der Waals surface area contributed by atoms with E-state index in [0.29, 0.717) is 23.1 Å². The van der Waals surface area contributed by atoms with Crippen LogP contribution < -0.4 is 5.32 Å². The zero-order valence-corrected chi connectivity index (χ0v) is 17.4. The zero-order valence-electron chi connectivity index (χ0n) is 16.6. The van der Waals surface area contributed by atoms with Crippen LogP contribution in [0.3, 0.4) is 0 Å². The molecule has 1 atom stereocenters. The van der Waals surface area contributed by atoms with Gasteiger partial charge in [0.15, 0.2) is 5.17 Å². The van der Waals surface area contributed by atoms with Gasteiger partial charge in [-0.1, -0.05) is 60.3 Å². The molecule has 0 aliphatic carbocycles. The van der Waals surface area contributed by atoms with Crippen molar-refractivity contribution in [1.82, 2.24) is 4.90 Å². The molecule has 0 aromatic heterocycles. The summed E-state index contributed by atoms with van der Waals surface area (Å²) < 4.78 is 13.1. The highest BCUT2D eigenvalue weighted by Gasteiger charge is 2.36. The van der Waals surface area contributed by atoms with Crippen molar-refractivity contribution in [3.63, 3.8) is 0 Å². The highest BCUT2D eigenvalue weighted by molar-refractivity contribution is 8.15. The number of carbonyl (C=O) groups excluding carboxylic acids is 2. The molecule has 1 aliphatic rings. The van der Waals surface area contributed by atoms with Crippen LogP contribution in [-0.2, 0) is 16.1 Å². The zero-order chi connectivity index (χ0) is 21.6. The van der Waals surface area contributed by atoms with Crippen molar-refractivity contribution < 1.29 is 14.0 Å². The van der Waals surface area contributed by atoms with E-state index in [1.165, 1.54) is 36.0 Å². The van der Waals surface area contributed by atoms with Crippen LogP contribution in [0, 0.1) is 5.82 Å². The quantitative estimate of drug-likeness (QED) is 0.617. The topological polar surface area (TPSA) is 61.8 Å². The number of benzene rings is 3. The Labute approximate surface area is 184 Å². The van der Waals surface area contributed by atoms with Crippen molar-refractivity contribution in [3.8, 4) is 0 Å². The first-order valence-electron chi connectivity index (χ1n) is 9.79. The molecule has 1 aliphatic heterocycles. The molecule has 31 heavy (non-hydrogen) atoms. The van der Waals surface area contributed by atoms with Crippen molar-refractivity contribution >= 4 is 40.1 Å². The van der Waals surface area contributed by atoms with E-state index in [0.717, 1.165) is 5.56 Å². The lowest BCUT2D eigenvalue weighted by Crippen LogP contribution is -2.44. The molecule has 1 N–H and O–H groups in total. The van der Waals surface area contributed by atoms with Crippen LogP contribution in [0.2, 0.25) is 0 Å². The Kier molecular flexibility index (Phi) is 6.43. The van der Waals surface area contributed by atoms with E-state index in [1.54, 1.807) is 4.90 Å². The van der Waals surface area contributed by atoms with Gasteiger partial charge in [0.05, 0.1) is 12.2 Å². The van der Waals surface area contributed by atoms with Crippen LogP contribution >= 0.6 is 11.8 Å². The first-order chi connectivity index (χ1) is 15.1. The summed E-state index contributed by atoms with van der Waals surface area (Å²) >= 11 is 1.26. The summed E-state index contributed by atoms with van der Waals surface area (Å²) in [5.74, 6) is -0.865. The van der Waals surface area contributed by atoms with Gasteiger partial charge < -0.3 is 5.32 Å². The van der Waals surface area contributed by atoms with Crippen LogP contribution in [0.25, 0.3) is 0 Å². The second-order valence-electron chi connectivity index (χ2n) is 7.00. The number of nitrogens with one attached hydrogen (secondary N) is 1. The number of hydrogen-bond donors (Lipinski definition) is 1. The number of rotatable bonds is 5. The van der Waals surface area contributed by atoms with Crippen molar-refractivity contribution in [2.75, 3.05) is 5.32 Å². The number of thioether (sulfide) groups is 1. The van der Waals surface area contributed by atoms with Gasteiger partial charge in [-0.15, -0.1) is 0 Å². The minimum Gasteiger partial charge on any atom is -0.325 e. The summed E-state index contributed by atoms with van der Waals surface area (Å²) in [7, 11) is 0. The lowest BCUT2D eigenvalue weighted by Gasteiger charge is -2.32. The molecule has 5 nitrogen and oxygen atoms in total. The summed E-state index contributed by atoms with van der Waals surface area (Å²) in [6.07, 6.45) is 0.0539. The number of aliphatic imine (C=N–C) groups is 1. The third-order valence-corrected chi connectivity index (χ3v) is 5.90. The first-order valence-corrected chi connectivity index (χ1v) is 10.7. The molecule has 0 spiro atoms. The third kappa shape index (κ3) is 5.38. The molecule has 1 saturated heterocycles. The van der Waals surface area contributed by atoms with Crippen LogP contribution in [-0.4, -0.2) is 27.1 Å². The highest BCUT2D eigenvalue weighted by Crippen LogP contribution is 2.31. The normalized spacial score (nSPS) is 17.6. The Morgan fingerprint density at radius 1 is 1.00 bits per heavy atom. The maximum Gasteiger partial charge on any atom is 0.238 e. The van der Waals surface area contributed by atoms with E-state index in [-0.39, 0.29) is 24.1 Å². The molecular weight excluding hydrogens is 413 g/mol. The molecule has 3 aromatic rings. The molecule has 1 heterocycles. The molecule has 3 aromatic carbocycles. The van der Waals surface area contributed by atoms with Crippen molar-refractivity contribution in [2.45, 2.75) is 18.2 Å². The number of anilines is 1. The van der Waals surface area contributed by atoms with E-state index in [4.69, 9.17) is 0 Å². The molecule has 4 rings (SSSR count). The van der Waals surface area contributed by atoms with Crippen molar-refractivity contribution in [2.24, 2.45) is 4.99 Å². The van der Waals surface area contributed by atoms with Gasteiger partial charge in [-0.05, 0) is 42.0 Å². The van der Waals surface area contributed by atoms with Gasteiger partial charge in [0.25, 0.3) is 0 Å². The minimum atomic E-state index is -0.632. The fourth-order valence-corrected chi connectivity index (χ4v) is 4.23. The van der Waals surface area contributed by atoms with Gasteiger partial charge in [0.1, 0.15) is 11.1 Å². The second-order valence-corrected chi connectivity index (χ2v) is 8.17. The summed E-state index contributed by atoms with van der Waals surface area (Å²) in [4.78, 5) is 32.1. The predicted octanol–water partition coefficient (Wildman–Crippen LogP) is 4.99. The lowest BCUT2D eigenvalue weighted by molar-refractivity contribution is -0.129. The van der Waals surface area contributed by atoms with E-state index in [2.05, 4.69) is 10.3 Å². The number of nitrogens with zero attached hydrogens (tertiary/aromatic N) is 2. The minimum absolute atomic E-state index is 0.0539. The van der Waals surface area contributed by atoms with E-state index in [1.807, 2.05) is 60.7 Å². The third-order valence-electron chi connectivity index (χ3n) is 4.71. The highest BCUT2D eigenvalue weighted by atomic mass is 32.2. The number of amides is 2. The van der Waals surface area contributed by atoms with Gasteiger partial charge in [-0.2, -0.15) is 0 Å². The Morgan fingerprint density at radius 2 is 1.65 bits per heavy atom. The summed E-state index contributed by atoms with van der Waals surface area (Å²) in [5.41, 5.74) is 2.16. The molecule has 0 bridgehead atoms. The van der Waals surface area contributed by atoms with Crippen molar-refractivity contribution in [1.29, 1.82) is 0 Å². The smallest absolute Gasteiger partial charge is 0.238 e. The molecule has 1 fully saturated rings. The Bertz CT molecular complexity index is 1090. The van der Waals surface area contributed by atoms with Crippen molar-refractivity contribution in [3.05, 3.63) is 96.3 Å². The standard InChI is InChI=1S/C24H20FN3O2S/c25-18-11-13-20(14-12-18)26-23(30)21-15-22(29)28(16-17-7-3-1-4-8-17)24(31-21)27-19-9-5-2-6-10-19/h1-14,21H,15-16H2,(H,26,30)/t21-/m0/s1. The largest absolute Gasteiger partial charge is 0.325 e. The average molecular weight is 434 g/mol. The molecule has 2 amide bonds. The van der Waals surface area contributed by atoms with Gasteiger partial charge in [-0.25, -0.2) is 9.38 Å². The maximum absolute atomic E-state index is 13.1. The number of hydrogen-bond acceptors (Lipinski definition) is 4. The number of carbonyl (C=O) groups is 2. The second kappa shape index (κ2) is 9.57. The Hall–Kier alpha value is -3.45. The fourth-order valence-electron chi connectivity index (χ4n) is 3.13. The SMILES string of the molecule is O=C(Nc1ccc(F)cc1)[C@@H]1CC(=O)N(Cc2ccccc2)C(=Nc2ccccc2)S1. The molecule has 7 heteroatoms. The average Bonchev–Trinajstić information content (AvgIpc) is 2.79. The van der Waals surface area contributed by atoms with E-state index < -0.39 is 5.25 Å². The van der Waals surface area contributed by atoms with Crippen LogP contribution in [0.15, 0.2) is 89.9 Å². The number of halogens is 1. The monoisotopic (exact) mass is 433 g/mol. The van der Waals surface area contributed by atoms with Crippen LogP contribution in [0.4, 0.5) is 15.8 Å². The van der Waals surface area contributed by atoms with E-state index >= 15 is 0 Å². The molecule has 0 saturated carbocycles. The number of para-hydroxylation sites is 1. The predicted molar refractivity (Wildman–Crippen MR) is 122 cm³/mol. The van der Waals surface area contributed by atoms with Gasteiger partial charge >= 0.3 is 0 Å². The Balaban J connectivity index is 1.57. The molecule has 156 valence electrons. The summed E-state index contributed by atoms with van der Waals surface area (Å²) in [6.45, 7) is 0.380. The number of amidine groups is 1. The lowest BCUT2D eigenvalue weighted by atomic mass is 10.2.